The van der Waals surface area contributed by atoms with E-state index in [1.807, 2.05) is 37.4 Å². The van der Waals surface area contributed by atoms with E-state index in [4.69, 9.17) is 9.97 Å². The molecule has 1 N–H and O–H groups in total. The highest BCUT2D eigenvalue weighted by Gasteiger charge is 2.22. The second-order valence-corrected chi connectivity index (χ2v) is 7.58. The van der Waals surface area contributed by atoms with Crippen LogP contribution < -0.4 is 10.2 Å². The Labute approximate surface area is 178 Å². The van der Waals surface area contributed by atoms with Crippen molar-refractivity contribution in [2.75, 3.05) is 11.4 Å². The summed E-state index contributed by atoms with van der Waals surface area (Å²) < 4.78 is 14.8. The van der Waals surface area contributed by atoms with E-state index in [0.717, 1.165) is 47.9 Å². The van der Waals surface area contributed by atoms with Crippen molar-refractivity contribution in [2.45, 2.75) is 25.8 Å². The smallest absolute Gasteiger partial charge is 0.251 e. The summed E-state index contributed by atoms with van der Waals surface area (Å²) in [6.45, 7) is 2.76. The number of nitrogens with one attached hydrogen (secondary N) is 1. The summed E-state index contributed by atoms with van der Waals surface area (Å²) in [5.74, 6) is 0.237. The number of hydrogen-bond acceptors (Lipinski definition) is 5. The van der Waals surface area contributed by atoms with E-state index in [1.54, 1.807) is 10.7 Å². The summed E-state index contributed by atoms with van der Waals surface area (Å²) in [5, 5.41) is 7.14. The predicted octanol–water partition coefficient (Wildman–Crippen LogP) is 3.84. The highest BCUT2D eigenvalue weighted by atomic mass is 19.1. The minimum atomic E-state index is -0.368. The average molecular weight is 416 g/mol. The van der Waals surface area contributed by atoms with Gasteiger partial charge in [0, 0.05) is 24.4 Å². The fraction of sp³-hybridized carbons (Fsp3) is 0.217. The predicted molar refractivity (Wildman–Crippen MR) is 115 cm³/mol. The number of amides is 1. The minimum absolute atomic E-state index is 0.257. The van der Waals surface area contributed by atoms with Crippen molar-refractivity contribution in [1.82, 2.24) is 24.9 Å². The van der Waals surface area contributed by atoms with E-state index in [2.05, 4.69) is 15.3 Å². The molecule has 0 bridgehead atoms. The Morgan fingerprint density at radius 1 is 1.10 bits per heavy atom. The average Bonchev–Trinajstić information content (AvgIpc) is 3.26. The van der Waals surface area contributed by atoms with Crippen LogP contribution in [0.15, 0.2) is 60.9 Å². The molecule has 3 aromatic heterocycles. The molecule has 1 aliphatic heterocycles. The summed E-state index contributed by atoms with van der Waals surface area (Å²) in [6.07, 6.45) is 5.46. The Morgan fingerprint density at radius 3 is 2.77 bits per heavy atom. The summed E-state index contributed by atoms with van der Waals surface area (Å²) in [6, 6.07) is 13.0. The van der Waals surface area contributed by atoms with Crippen molar-refractivity contribution in [3.63, 3.8) is 0 Å². The molecule has 1 unspecified atom stereocenters. The number of halogens is 1. The Morgan fingerprint density at radius 2 is 1.94 bits per heavy atom. The third-order valence-corrected chi connectivity index (χ3v) is 5.48. The van der Waals surface area contributed by atoms with Gasteiger partial charge in [-0.3, -0.25) is 9.78 Å². The number of rotatable bonds is 4. The first-order valence-corrected chi connectivity index (χ1v) is 10.2. The van der Waals surface area contributed by atoms with Crippen LogP contribution in [0.2, 0.25) is 0 Å². The second kappa shape index (κ2) is 7.79. The van der Waals surface area contributed by atoms with Crippen LogP contribution in [-0.4, -0.2) is 32.0 Å². The van der Waals surface area contributed by atoms with Gasteiger partial charge in [0.05, 0.1) is 29.3 Å². The molecule has 0 spiro atoms. The highest BCUT2D eigenvalue weighted by Crippen LogP contribution is 2.32. The number of benzene rings is 1. The maximum Gasteiger partial charge on any atom is 0.251 e. The van der Waals surface area contributed by atoms with Gasteiger partial charge in [-0.05, 0) is 62.2 Å². The number of anilines is 2. The third kappa shape index (κ3) is 3.72. The van der Waals surface area contributed by atoms with Crippen molar-refractivity contribution < 1.29 is 9.18 Å². The van der Waals surface area contributed by atoms with E-state index in [-0.39, 0.29) is 17.8 Å². The zero-order valence-corrected chi connectivity index (χ0v) is 17.0. The maximum atomic E-state index is 13.1. The van der Waals surface area contributed by atoms with Crippen LogP contribution in [0, 0.1) is 5.82 Å². The number of carbonyl (C=O) groups is 1. The van der Waals surface area contributed by atoms with Gasteiger partial charge in [-0.25, -0.2) is 13.9 Å². The molecule has 0 radical (unpaired) electrons. The molecule has 8 heteroatoms. The first-order chi connectivity index (χ1) is 15.1. The molecule has 7 nitrogen and oxygen atoms in total. The molecule has 1 aliphatic rings. The molecule has 1 atom stereocenters. The first-order valence-electron chi connectivity index (χ1n) is 10.2. The van der Waals surface area contributed by atoms with Crippen molar-refractivity contribution >= 4 is 23.1 Å². The molecule has 4 heterocycles. The number of carbonyl (C=O) groups excluding carboxylic acids is 1. The third-order valence-electron chi connectivity index (χ3n) is 5.48. The Hall–Kier alpha value is -3.81. The number of hydrogen-bond donors (Lipinski definition) is 1. The number of nitrogens with zero attached hydrogens (tertiary/aromatic N) is 5. The molecule has 0 saturated heterocycles. The molecule has 31 heavy (non-hydrogen) atoms. The summed E-state index contributed by atoms with van der Waals surface area (Å²) in [7, 11) is 0. The van der Waals surface area contributed by atoms with E-state index in [1.165, 1.54) is 24.3 Å². The minimum Gasteiger partial charge on any atom is -0.344 e. The molecular weight excluding hydrogens is 395 g/mol. The standard InChI is InChI=1S/C23H21FN6O/c1-15(26-23(31)16-4-6-17(24)7-5-16)18-8-9-20-19(27-18)3-2-13-29(20)21-11-14-30-22(28-21)10-12-25-30/h4-12,14-15H,2-3,13H2,1H3,(H,26,31). The molecule has 5 rings (SSSR count). The molecule has 156 valence electrons. The van der Waals surface area contributed by atoms with Crippen LogP contribution in [0.5, 0.6) is 0 Å². The Bertz CT molecular complexity index is 1250. The van der Waals surface area contributed by atoms with E-state index in [9.17, 15) is 9.18 Å². The van der Waals surface area contributed by atoms with Crippen LogP contribution in [0.4, 0.5) is 15.9 Å². The van der Waals surface area contributed by atoms with Crippen LogP contribution in [0.1, 0.15) is 41.1 Å². The zero-order valence-electron chi connectivity index (χ0n) is 17.0. The van der Waals surface area contributed by atoms with E-state index < -0.39 is 0 Å². The molecular formula is C23H21FN6O. The maximum absolute atomic E-state index is 13.1. The summed E-state index contributed by atoms with van der Waals surface area (Å²) in [5.41, 5.74) is 4.02. The van der Waals surface area contributed by atoms with E-state index >= 15 is 0 Å². The SMILES string of the molecule is CC(NC(=O)c1ccc(F)cc1)c1ccc2c(n1)CCCN2c1ccn2nccc2n1. The van der Waals surface area contributed by atoms with Crippen LogP contribution >= 0.6 is 0 Å². The van der Waals surface area contributed by atoms with Gasteiger partial charge in [0.1, 0.15) is 11.6 Å². The van der Waals surface area contributed by atoms with E-state index in [0.29, 0.717) is 5.56 Å². The van der Waals surface area contributed by atoms with Crippen LogP contribution in [-0.2, 0) is 6.42 Å². The molecule has 0 saturated carbocycles. The second-order valence-electron chi connectivity index (χ2n) is 7.58. The number of aromatic nitrogens is 4. The van der Waals surface area contributed by atoms with Gasteiger partial charge in [0.2, 0.25) is 0 Å². The topological polar surface area (TPSA) is 75.4 Å². The fourth-order valence-corrected chi connectivity index (χ4v) is 3.85. The van der Waals surface area contributed by atoms with Crippen LogP contribution in [0.3, 0.4) is 0 Å². The number of fused-ring (bicyclic) bond motifs is 2. The highest BCUT2D eigenvalue weighted by molar-refractivity contribution is 5.94. The Kier molecular flexibility index (Phi) is 4.82. The monoisotopic (exact) mass is 416 g/mol. The van der Waals surface area contributed by atoms with Crippen molar-refractivity contribution in [3.05, 3.63) is 83.7 Å². The van der Waals surface area contributed by atoms with Gasteiger partial charge < -0.3 is 10.2 Å². The number of pyridine rings is 1. The van der Waals surface area contributed by atoms with Crippen molar-refractivity contribution in [2.24, 2.45) is 0 Å². The molecule has 4 aromatic rings. The van der Waals surface area contributed by atoms with Crippen LogP contribution in [0.25, 0.3) is 5.65 Å². The van der Waals surface area contributed by atoms with Gasteiger partial charge in [-0.2, -0.15) is 5.10 Å². The lowest BCUT2D eigenvalue weighted by atomic mass is 10.1. The lowest BCUT2D eigenvalue weighted by molar-refractivity contribution is 0.0939. The summed E-state index contributed by atoms with van der Waals surface area (Å²) >= 11 is 0. The molecule has 0 fully saturated rings. The zero-order chi connectivity index (χ0) is 21.4. The lowest BCUT2D eigenvalue weighted by Crippen LogP contribution is -2.29. The normalized spacial score (nSPS) is 14.3. The Balaban J connectivity index is 1.38. The molecule has 1 amide bonds. The fourth-order valence-electron chi connectivity index (χ4n) is 3.85. The molecule has 1 aromatic carbocycles. The van der Waals surface area contributed by atoms with Crippen molar-refractivity contribution in [1.29, 1.82) is 0 Å². The van der Waals surface area contributed by atoms with Gasteiger partial charge in [-0.1, -0.05) is 0 Å². The first kappa shape index (κ1) is 19.2. The summed E-state index contributed by atoms with van der Waals surface area (Å²) in [4.78, 5) is 24.2. The van der Waals surface area contributed by atoms with Crippen molar-refractivity contribution in [3.8, 4) is 0 Å². The lowest BCUT2D eigenvalue weighted by Gasteiger charge is -2.30. The van der Waals surface area contributed by atoms with Gasteiger partial charge in [-0.15, -0.1) is 0 Å². The van der Waals surface area contributed by atoms with Gasteiger partial charge >= 0.3 is 0 Å². The largest absolute Gasteiger partial charge is 0.344 e. The van der Waals surface area contributed by atoms with Gasteiger partial charge in [0.15, 0.2) is 5.65 Å². The quantitative estimate of drug-likeness (QED) is 0.547. The van der Waals surface area contributed by atoms with Gasteiger partial charge in [0.25, 0.3) is 5.91 Å². The molecule has 0 aliphatic carbocycles. The number of aryl methyl sites for hydroxylation is 1.